The second kappa shape index (κ2) is 7.85. The van der Waals surface area contributed by atoms with Gasteiger partial charge in [-0.25, -0.2) is 0 Å². The molecule has 1 atom stereocenters. The highest BCUT2D eigenvalue weighted by atomic mass is 32.1. The molecule has 1 N–H and O–H groups in total. The van der Waals surface area contributed by atoms with Crippen molar-refractivity contribution < 1.29 is 9.59 Å². The van der Waals surface area contributed by atoms with Crippen molar-refractivity contribution in [1.29, 1.82) is 0 Å². The number of fused-ring (bicyclic) bond motifs is 1. The van der Waals surface area contributed by atoms with Gasteiger partial charge in [-0.1, -0.05) is 32.9 Å². The van der Waals surface area contributed by atoms with Crippen LogP contribution in [-0.2, 0) is 16.6 Å². The number of benzene rings is 1. The van der Waals surface area contributed by atoms with Crippen LogP contribution in [0.15, 0.2) is 35.7 Å². The fourth-order valence-electron chi connectivity index (χ4n) is 3.50. The van der Waals surface area contributed by atoms with E-state index in [1.807, 2.05) is 29.2 Å². The van der Waals surface area contributed by atoms with Crippen molar-refractivity contribution in [3.8, 4) is 0 Å². The minimum atomic E-state index is -0.130. The van der Waals surface area contributed by atoms with E-state index in [2.05, 4.69) is 44.5 Å². The van der Waals surface area contributed by atoms with Crippen molar-refractivity contribution in [3.05, 3.63) is 57.3 Å². The van der Waals surface area contributed by atoms with Gasteiger partial charge in [0.25, 0.3) is 5.91 Å². The number of carbonyl (C=O) groups is 2. The summed E-state index contributed by atoms with van der Waals surface area (Å²) in [4.78, 5) is 28.2. The quantitative estimate of drug-likeness (QED) is 0.854. The van der Waals surface area contributed by atoms with Crippen LogP contribution in [0.3, 0.4) is 0 Å². The largest absolute Gasteiger partial charge is 0.352 e. The average Bonchev–Trinajstić information content (AvgIpc) is 3.11. The molecule has 0 fully saturated rings. The fraction of sp³-hybridized carbons (Fsp3) is 0.455. The molecule has 0 spiro atoms. The Hall–Kier alpha value is -2.14. The number of amides is 2. The van der Waals surface area contributed by atoms with Gasteiger partial charge in [0.15, 0.2) is 0 Å². The van der Waals surface area contributed by atoms with Crippen molar-refractivity contribution >= 4 is 23.2 Å². The van der Waals surface area contributed by atoms with Gasteiger partial charge in [0.2, 0.25) is 5.91 Å². The molecule has 0 aliphatic carbocycles. The lowest BCUT2D eigenvalue weighted by atomic mass is 9.87. The topological polar surface area (TPSA) is 49.4 Å². The van der Waals surface area contributed by atoms with Gasteiger partial charge < -0.3 is 10.2 Å². The van der Waals surface area contributed by atoms with E-state index in [9.17, 15) is 9.59 Å². The van der Waals surface area contributed by atoms with E-state index in [1.54, 1.807) is 11.3 Å². The maximum absolute atomic E-state index is 12.6. The van der Waals surface area contributed by atoms with E-state index in [1.165, 1.54) is 16.0 Å². The first-order chi connectivity index (χ1) is 12.8. The van der Waals surface area contributed by atoms with Gasteiger partial charge in [-0.05, 0) is 53.5 Å². The summed E-state index contributed by atoms with van der Waals surface area (Å²) in [7, 11) is 0. The number of rotatable bonds is 4. The Balaban J connectivity index is 1.51. The van der Waals surface area contributed by atoms with E-state index in [0.29, 0.717) is 18.5 Å². The molecule has 1 aromatic carbocycles. The van der Waals surface area contributed by atoms with Gasteiger partial charge in [-0.15, -0.1) is 11.3 Å². The highest BCUT2D eigenvalue weighted by molar-refractivity contribution is 7.10. The zero-order valence-corrected chi connectivity index (χ0v) is 17.4. The molecule has 0 radical (unpaired) electrons. The number of hydrogen-bond acceptors (Lipinski definition) is 3. The predicted molar refractivity (Wildman–Crippen MR) is 110 cm³/mol. The molecule has 0 saturated heterocycles. The van der Waals surface area contributed by atoms with Crippen LogP contribution in [0, 0.1) is 0 Å². The Kier molecular flexibility index (Phi) is 5.70. The van der Waals surface area contributed by atoms with Crippen LogP contribution in [0.2, 0.25) is 0 Å². The monoisotopic (exact) mass is 384 g/mol. The average molecular weight is 385 g/mol. The van der Waals surface area contributed by atoms with E-state index < -0.39 is 0 Å². The van der Waals surface area contributed by atoms with Crippen molar-refractivity contribution in [2.75, 3.05) is 13.1 Å². The summed E-state index contributed by atoms with van der Waals surface area (Å²) in [5, 5.41) is 4.97. The van der Waals surface area contributed by atoms with E-state index in [0.717, 1.165) is 13.0 Å². The zero-order valence-electron chi connectivity index (χ0n) is 16.5. The third-order valence-corrected chi connectivity index (χ3v) is 6.23. The highest BCUT2D eigenvalue weighted by Crippen LogP contribution is 2.33. The van der Waals surface area contributed by atoms with Gasteiger partial charge in [-0.3, -0.25) is 9.59 Å². The number of hydrogen-bond donors (Lipinski definition) is 1. The Morgan fingerprint density at radius 3 is 2.56 bits per heavy atom. The first-order valence-corrected chi connectivity index (χ1v) is 10.4. The highest BCUT2D eigenvalue weighted by Gasteiger charge is 2.27. The summed E-state index contributed by atoms with van der Waals surface area (Å²) >= 11 is 1.77. The lowest BCUT2D eigenvalue weighted by Crippen LogP contribution is -2.39. The van der Waals surface area contributed by atoms with Crippen molar-refractivity contribution in [1.82, 2.24) is 10.2 Å². The molecule has 144 valence electrons. The molecular weight excluding hydrogens is 356 g/mol. The van der Waals surface area contributed by atoms with Gasteiger partial charge in [0, 0.05) is 30.0 Å². The molecule has 0 bridgehead atoms. The van der Waals surface area contributed by atoms with Crippen LogP contribution in [0.5, 0.6) is 0 Å². The number of nitrogens with one attached hydrogen (secondary N) is 1. The minimum Gasteiger partial charge on any atom is -0.352 e. The summed E-state index contributed by atoms with van der Waals surface area (Å²) < 4.78 is 0. The van der Waals surface area contributed by atoms with Crippen molar-refractivity contribution in [2.24, 2.45) is 0 Å². The van der Waals surface area contributed by atoms with Crippen LogP contribution < -0.4 is 5.32 Å². The Morgan fingerprint density at radius 2 is 1.89 bits per heavy atom. The lowest BCUT2D eigenvalue weighted by molar-refractivity contribution is -0.133. The molecule has 27 heavy (non-hydrogen) atoms. The molecule has 1 aromatic heterocycles. The molecule has 1 aliphatic heterocycles. The molecule has 5 heteroatoms. The SMILES string of the molecule is CC1c2ccsc2CCN1C(=O)CCNC(=O)c1ccc(C(C)(C)C)cc1. The zero-order chi connectivity index (χ0) is 19.6. The molecule has 1 unspecified atom stereocenters. The molecule has 1 aliphatic rings. The molecular formula is C22H28N2O2S. The lowest BCUT2D eigenvalue weighted by Gasteiger charge is -2.33. The molecule has 3 rings (SSSR count). The Labute approximate surface area is 165 Å². The Morgan fingerprint density at radius 1 is 1.19 bits per heavy atom. The molecule has 2 aromatic rings. The van der Waals surface area contributed by atoms with Crippen LogP contribution in [0.25, 0.3) is 0 Å². The summed E-state index contributed by atoms with van der Waals surface area (Å²) in [5.41, 5.74) is 3.16. The second-order valence-corrected chi connectivity index (χ2v) is 9.15. The smallest absolute Gasteiger partial charge is 0.251 e. The maximum atomic E-state index is 12.6. The van der Waals surface area contributed by atoms with Crippen molar-refractivity contribution in [2.45, 2.75) is 52.0 Å². The van der Waals surface area contributed by atoms with Gasteiger partial charge in [0.1, 0.15) is 0 Å². The van der Waals surface area contributed by atoms with Crippen LogP contribution >= 0.6 is 11.3 Å². The first-order valence-electron chi connectivity index (χ1n) is 9.52. The molecule has 0 saturated carbocycles. The van der Waals surface area contributed by atoms with Crippen molar-refractivity contribution in [3.63, 3.8) is 0 Å². The third-order valence-electron chi connectivity index (χ3n) is 5.24. The van der Waals surface area contributed by atoms with Crippen LogP contribution in [-0.4, -0.2) is 29.8 Å². The summed E-state index contributed by atoms with van der Waals surface area (Å²) in [6.07, 6.45) is 1.26. The van der Waals surface area contributed by atoms with Crippen LogP contribution in [0.1, 0.15) is 66.5 Å². The molecule has 2 amide bonds. The number of thiophene rings is 1. The summed E-state index contributed by atoms with van der Waals surface area (Å²) in [5.74, 6) is -0.0298. The fourth-order valence-corrected chi connectivity index (χ4v) is 4.46. The Bertz CT molecular complexity index is 818. The molecule has 4 nitrogen and oxygen atoms in total. The minimum absolute atomic E-state index is 0.0644. The summed E-state index contributed by atoms with van der Waals surface area (Å²) in [6, 6.07) is 9.92. The second-order valence-electron chi connectivity index (χ2n) is 8.15. The van der Waals surface area contributed by atoms with E-state index >= 15 is 0 Å². The normalized spacial score (nSPS) is 16.7. The predicted octanol–water partition coefficient (Wildman–Crippen LogP) is 4.31. The number of carbonyl (C=O) groups excluding carboxylic acids is 2. The summed E-state index contributed by atoms with van der Waals surface area (Å²) in [6.45, 7) is 9.64. The third kappa shape index (κ3) is 4.41. The molecule has 2 heterocycles. The van der Waals surface area contributed by atoms with E-state index in [4.69, 9.17) is 0 Å². The van der Waals surface area contributed by atoms with Gasteiger partial charge in [0.05, 0.1) is 6.04 Å². The van der Waals surface area contributed by atoms with Gasteiger partial charge >= 0.3 is 0 Å². The van der Waals surface area contributed by atoms with Gasteiger partial charge in [-0.2, -0.15) is 0 Å². The first kappa shape index (κ1) is 19.6. The van der Waals surface area contributed by atoms with Crippen LogP contribution in [0.4, 0.5) is 0 Å². The number of nitrogens with zero attached hydrogens (tertiary/aromatic N) is 1. The maximum Gasteiger partial charge on any atom is 0.251 e. The standard InChI is InChI=1S/C22H28N2O2S/c1-15-18-11-14-27-19(18)10-13-24(15)20(25)9-12-23-21(26)16-5-7-17(8-6-16)22(2,3)4/h5-8,11,14-15H,9-10,12-13H2,1-4H3,(H,23,26). The van der Waals surface area contributed by atoms with E-state index in [-0.39, 0.29) is 23.3 Å².